The topological polar surface area (TPSA) is 105 Å². The molecule has 1 aliphatic heterocycles. The van der Waals surface area contributed by atoms with Crippen molar-refractivity contribution < 1.29 is 14.8 Å². The number of hydrogen-bond donors (Lipinski definition) is 3. The van der Waals surface area contributed by atoms with Crippen LogP contribution in [-0.4, -0.2) is 17.0 Å². The van der Waals surface area contributed by atoms with E-state index in [-0.39, 0.29) is 16.7 Å². The van der Waals surface area contributed by atoms with Crippen LogP contribution in [0.25, 0.3) is 5.70 Å². The van der Waals surface area contributed by atoms with Gasteiger partial charge in [-0.25, -0.2) is 4.79 Å². The average Bonchev–Trinajstić information content (AvgIpc) is 2.87. The number of benzene rings is 2. The van der Waals surface area contributed by atoms with Crippen LogP contribution in [-0.2, 0) is 0 Å². The van der Waals surface area contributed by atoms with Crippen molar-refractivity contribution in [3.8, 4) is 0 Å². The van der Waals surface area contributed by atoms with Crippen LogP contribution >= 0.6 is 0 Å². The van der Waals surface area contributed by atoms with Gasteiger partial charge in [0.1, 0.15) is 0 Å². The Morgan fingerprint density at radius 1 is 1.04 bits per heavy atom. The molecular weight excluding hydrogens is 310 g/mol. The van der Waals surface area contributed by atoms with Crippen molar-refractivity contribution in [2.75, 3.05) is 5.23 Å². The molecule has 2 aromatic carbocycles. The first-order valence-corrected chi connectivity index (χ1v) is 7.28. The number of carbonyl (C=O) groups excluding carboxylic acids is 2. The van der Waals surface area contributed by atoms with E-state index in [1.54, 1.807) is 36.4 Å². The maximum atomic E-state index is 12.8. The van der Waals surface area contributed by atoms with Gasteiger partial charge in [-0.3, -0.25) is 10.0 Å². The predicted octanol–water partition coefficient (Wildman–Crippen LogP) is 2.34. The Hall–Kier alpha value is -3.16. The van der Waals surface area contributed by atoms with E-state index in [2.05, 4.69) is 10.6 Å². The molecule has 0 fully saturated rings. The highest BCUT2D eigenvalue weighted by Gasteiger charge is 2.39. The van der Waals surface area contributed by atoms with Crippen LogP contribution in [0.2, 0.25) is 0 Å². The lowest BCUT2D eigenvalue weighted by Gasteiger charge is -2.28. The summed E-state index contributed by atoms with van der Waals surface area (Å²) in [4.78, 5) is 24.8. The van der Waals surface area contributed by atoms with Gasteiger partial charge in [0.15, 0.2) is 5.78 Å². The van der Waals surface area contributed by atoms with Gasteiger partial charge in [0.25, 0.3) is 0 Å². The molecule has 2 amide bonds. The number of nitrogens with one attached hydrogen (secondary N) is 2. The number of rotatable bonds is 2. The van der Waals surface area contributed by atoms with E-state index in [9.17, 15) is 14.8 Å². The number of hydrogen-bond acceptors (Lipinski definition) is 5. The zero-order valence-corrected chi connectivity index (χ0v) is 12.3. The van der Waals surface area contributed by atoms with E-state index >= 15 is 0 Å². The normalized spacial score (nSPS) is 18.7. The molecule has 0 bridgehead atoms. The molecule has 4 rings (SSSR count). The summed E-state index contributed by atoms with van der Waals surface area (Å²) in [6.45, 7) is 0. The van der Waals surface area contributed by atoms with Crippen molar-refractivity contribution in [3.63, 3.8) is 0 Å². The summed E-state index contributed by atoms with van der Waals surface area (Å²) in [6.07, 6.45) is 0. The van der Waals surface area contributed by atoms with Gasteiger partial charge >= 0.3 is 6.03 Å². The van der Waals surface area contributed by atoms with Crippen molar-refractivity contribution in [2.24, 2.45) is 0 Å². The Bertz CT molecular complexity index is 904. The number of urea groups is 1. The fourth-order valence-electron chi connectivity index (χ4n) is 3.14. The molecule has 0 saturated carbocycles. The molecule has 0 spiro atoms. The fraction of sp³-hybridized carbons (Fsp3) is 0.0588. The smallest absolute Gasteiger partial charge is 0.320 e. The predicted molar refractivity (Wildman–Crippen MR) is 86.2 cm³/mol. The quantitative estimate of drug-likeness (QED) is 0.736. The standard InChI is InChI=1S/C17H12N3O4/c21-16-12-7-2-1-6-11(12)15-13(16)14(18-17(22)19-15)9-4-3-5-10(8-9)20(23)24/h1-8,14,23H,(H2,18,19,22)/q-1. The number of fused-ring (bicyclic) bond motifs is 2. The Labute approximate surface area is 136 Å². The minimum atomic E-state index is -0.700. The molecule has 7 heteroatoms. The van der Waals surface area contributed by atoms with Crippen molar-refractivity contribution in [1.29, 1.82) is 0 Å². The summed E-state index contributed by atoms with van der Waals surface area (Å²) < 4.78 is 0. The molecule has 2 aliphatic rings. The lowest BCUT2D eigenvalue weighted by Crippen LogP contribution is -2.43. The molecule has 0 radical (unpaired) electrons. The van der Waals surface area contributed by atoms with Gasteiger partial charge in [-0.15, -0.1) is 0 Å². The van der Waals surface area contributed by atoms with E-state index in [1.165, 1.54) is 12.1 Å². The van der Waals surface area contributed by atoms with Gasteiger partial charge in [-0.1, -0.05) is 36.4 Å². The van der Waals surface area contributed by atoms with Crippen molar-refractivity contribution in [3.05, 3.63) is 76.0 Å². The summed E-state index contributed by atoms with van der Waals surface area (Å²) in [5, 5.41) is 25.3. The third-order valence-electron chi connectivity index (χ3n) is 4.18. The van der Waals surface area contributed by atoms with E-state index < -0.39 is 12.1 Å². The first-order valence-electron chi connectivity index (χ1n) is 7.28. The second-order valence-electron chi connectivity index (χ2n) is 5.56. The highest BCUT2D eigenvalue weighted by atomic mass is 16.8. The van der Waals surface area contributed by atoms with Crippen LogP contribution < -0.4 is 15.9 Å². The van der Waals surface area contributed by atoms with Crippen LogP contribution in [0.1, 0.15) is 27.5 Å². The highest BCUT2D eigenvalue weighted by molar-refractivity contribution is 6.23. The highest BCUT2D eigenvalue weighted by Crippen LogP contribution is 2.40. The number of carbonyl (C=O) groups is 2. The Kier molecular flexibility index (Phi) is 3.12. The molecular formula is C17H12N3O4-. The van der Waals surface area contributed by atoms with Crippen LogP contribution in [0, 0.1) is 5.21 Å². The summed E-state index contributed by atoms with van der Waals surface area (Å²) in [5.74, 6) is -0.175. The van der Waals surface area contributed by atoms with E-state index in [1.807, 2.05) is 0 Å². The molecule has 1 unspecified atom stereocenters. The average molecular weight is 322 g/mol. The van der Waals surface area contributed by atoms with Gasteiger partial charge in [0.2, 0.25) is 0 Å². The largest absolute Gasteiger partial charge is 0.733 e. The summed E-state index contributed by atoms with van der Waals surface area (Å²) in [6, 6.07) is 12.0. The summed E-state index contributed by atoms with van der Waals surface area (Å²) >= 11 is 0. The Balaban J connectivity index is 1.86. The maximum Gasteiger partial charge on any atom is 0.320 e. The molecule has 1 heterocycles. The van der Waals surface area contributed by atoms with Gasteiger partial charge in [-0.05, 0) is 17.7 Å². The molecule has 0 saturated heterocycles. The van der Waals surface area contributed by atoms with Crippen LogP contribution in [0.5, 0.6) is 0 Å². The number of nitrogens with zero attached hydrogens (tertiary/aromatic N) is 1. The molecule has 1 aliphatic carbocycles. The number of ketones is 1. The number of Topliss-reactive ketones (excluding diaryl/α,β-unsaturated/α-hetero) is 1. The van der Waals surface area contributed by atoms with Gasteiger partial charge in [0.05, 0.1) is 23.0 Å². The van der Waals surface area contributed by atoms with Crippen molar-refractivity contribution in [2.45, 2.75) is 6.04 Å². The zero-order chi connectivity index (χ0) is 16.8. The zero-order valence-electron chi connectivity index (χ0n) is 12.3. The number of amides is 2. The molecule has 7 nitrogen and oxygen atoms in total. The molecule has 2 aromatic rings. The van der Waals surface area contributed by atoms with Crippen molar-refractivity contribution >= 4 is 23.2 Å². The lowest BCUT2D eigenvalue weighted by molar-refractivity contribution is 0.103. The first-order chi connectivity index (χ1) is 11.6. The molecule has 0 aromatic heterocycles. The third-order valence-corrected chi connectivity index (χ3v) is 4.18. The lowest BCUT2D eigenvalue weighted by atomic mass is 9.94. The third kappa shape index (κ3) is 2.07. The van der Waals surface area contributed by atoms with Crippen LogP contribution in [0.3, 0.4) is 0 Å². The fourth-order valence-corrected chi connectivity index (χ4v) is 3.14. The first kappa shape index (κ1) is 14.4. The van der Waals surface area contributed by atoms with Gasteiger partial charge in [0, 0.05) is 11.1 Å². The van der Waals surface area contributed by atoms with Gasteiger partial charge in [-0.2, -0.15) is 0 Å². The Morgan fingerprint density at radius 3 is 2.54 bits per heavy atom. The molecule has 1 atom stereocenters. The van der Waals surface area contributed by atoms with E-state index in [0.29, 0.717) is 28.0 Å². The SMILES string of the molecule is O=C1NC2=C(C(=O)c3ccccc32)C(c2cccc(N([O-])O)c2)N1. The van der Waals surface area contributed by atoms with Crippen molar-refractivity contribution in [1.82, 2.24) is 10.6 Å². The minimum absolute atomic E-state index is 0.0189. The second-order valence-corrected chi connectivity index (χ2v) is 5.56. The monoisotopic (exact) mass is 322 g/mol. The van der Waals surface area contributed by atoms with E-state index in [0.717, 1.165) is 0 Å². The maximum absolute atomic E-state index is 12.8. The molecule has 24 heavy (non-hydrogen) atoms. The molecule has 120 valence electrons. The summed E-state index contributed by atoms with van der Waals surface area (Å²) in [7, 11) is 0. The minimum Gasteiger partial charge on any atom is -0.733 e. The summed E-state index contributed by atoms with van der Waals surface area (Å²) in [5.41, 5.74) is 2.67. The Morgan fingerprint density at radius 2 is 1.79 bits per heavy atom. The number of anilines is 1. The van der Waals surface area contributed by atoms with Crippen LogP contribution in [0.4, 0.5) is 10.5 Å². The van der Waals surface area contributed by atoms with Crippen LogP contribution in [0.15, 0.2) is 54.1 Å². The van der Waals surface area contributed by atoms with Gasteiger partial charge < -0.3 is 21.1 Å². The van der Waals surface area contributed by atoms with E-state index in [4.69, 9.17) is 5.21 Å². The second kappa shape index (κ2) is 5.19. The molecule has 3 N–H and O–H groups in total.